The van der Waals surface area contributed by atoms with Crippen LogP contribution in [0.5, 0.6) is 0 Å². The lowest BCUT2D eigenvalue weighted by Crippen LogP contribution is -2.32. The number of hydrogen-bond donors (Lipinski definition) is 3. The van der Waals surface area contributed by atoms with E-state index in [2.05, 4.69) is 28.1 Å². The summed E-state index contributed by atoms with van der Waals surface area (Å²) in [5.74, 6) is 0.747. The number of anilines is 1. The fourth-order valence-electron chi connectivity index (χ4n) is 2.29. The average molecular weight is 337 g/mol. The predicted molar refractivity (Wildman–Crippen MR) is 100 cm³/mol. The standard InChI is InChI=1S/C18H23N7/c1-13(2)12-23-18(21)22-10-6-9-16-15(11-19)17(20)25(24-16)14-7-4-3-5-8-14/h3-5,7-8H,1,6,9-10,12,20H2,2H3,(H3,21,22,23). The monoisotopic (exact) mass is 337 g/mol. The third kappa shape index (κ3) is 4.85. The molecular weight excluding hydrogens is 314 g/mol. The van der Waals surface area contributed by atoms with Crippen molar-refractivity contribution in [3.8, 4) is 11.8 Å². The molecule has 1 aromatic carbocycles. The van der Waals surface area contributed by atoms with Crippen LogP contribution in [0.2, 0.25) is 0 Å². The Bertz CT molecular complexity index is 797. The van der Waals surface area contributed by atoms with Crippen molar-refractivity contribution in [3.05, 3.63) is 53.7 Å². The highest BCUT2D eigenvalue weighted by atomic mass is 15.3. The van der Waals surface area contributed by atoms with E-state index in [1.165, 1.54) is 0 Å². The van der Waals surface area contributed by atoms with E-state index in [-0.39, 0.29) is 0 Å². The zero-order chi connectivity index (χ0) is 18.2. The first-order valence-electron chi connectivity index (χ1n) is 8.04. The van der Waals surface area contributed by atoms with Gasteiger partial charge in [-0.3, -0.25) is 0 Å². The van der Waals surface area contributed by atoms with Crippen molar-refractivity contribution in [2.75, 3.05) is 18.8 Å². The molecule has 0 spiro atoms. The van der Waals surface area contributed by atoms with Gasteiger partial charge in [0, 0.05) is 6.54 Å². The minimum Gasteiger partial charge on any atom is -0.382 e. The maximum absolute atomic E-state index is 9.38. The van der Waals surface area contributed by atoms with Gasteiger partial charge in [-0.2, -0.15) is 10.4 Å². The highest BCUT2D eigenvalue weighted by Gasteiger charge is 2.15. The van der Waals surface area contributed by atoms with Crippen molar-refractivity contribution in [1.29, 1.82) is 5.26 Å². The van der Waals surface area contributed by atoms with E-state index < -0.39 is 0 Å². The number of nitriles is 1. The summed E-state index contributed by atoms with van der Waals surface area (Å²) in [7, 11) is 0. The van der Waals surface area contributed by atoms with Crippen LogP contribution in [0.3, 0.4) is 0 Å². The minimum atomic E-state index is 0.360. The third-order valence-corrected chi connectivity index (χ3v) is 3.52. The van der Waals surface area contributed by atoms with Gasteiger partial charge in [-0.1, -0.05) is 30.4 Å². The van der Waals surface area contributed by atoms with Crippen LogP contribution in [0.1, 0.15) is 24.6 Å². The lowest BCUT2D eigenvalue weighted by Gasteiger charge is -2.05. The summed E-state index contributed by atoms with van der Waals surface area (Å²) in [6.45, 7) is 6.81. The Morgan fingerprint density at radius 3 is 2.76 bits per heavy atom. The molecule has 25 heavy (non-hydrogen) atoms. The molecule has 0 saturated carbocycles. The molecule has 130 valence electrons. The normalized spacial score (nSPS) is 11.1. The largest absolute Gasteiger partial charge is 0.382 e. The zero-order valence-corrected chi connectivity index (χ0v) is 14.4. The van der Waals surface area contributed by atoms with Crippen molar-refractivity contribution >= 4 is 11.8 Å². The Morgan fingerprint density at radius 1 is 1.40 bits per heavy atom. The number of para-hydroxylation sites is 1. The third-order valence-electron chi connectivity index (χ3n) is 3.52. The molecule has 1 aromatic heterocycles. The number of nitrogens with one attached hydrogen (secondary N) is 1. The molecule has 0 aliphatic rings. The molecule has 5 N–H and O–H groups in total. The van der Waals surface area contributed by atoms with Gasteiger partial charge >= 0.3 is 0 Å². The van der Waals surface area contributed by atoms with Gasteiger partial charge in [-0.15, -0.1) is 0 Å². The van der Waals surface area contributed by atoms with Gasteiger partial charge in [0.05, 0.1) is 17.9 Å². The number of guanidine groups is 1. The van der Waals surface area contributed by atoms with Crippen molar-refractivity contribution < 1.29 is 0 Å². The highest BCUT2D eigenvalue weighted by Crippen LogP contribution is 2.21. The Morgan fingerprint density at radius 2 is 2.12 bits per heavy atom. The van der Waals surface area contributed by atoms with Gasteiger partial charge in [-0.25, -0.2) is 9.67 Å². The molecule has 0 saturated heterocycles. The van der Waals surface area contributed by atoms with Crippen LogP contribution in [0.4, 0.5) is 5.82 Å². The fourth-order valence-corrected chi connectivity index (χ4v) is 2.29. The Hall–Kier alpha value is -3.27. The summed E-state index contributed by atoms with van der Waals surface area (Å²) < 4.78 is 1.60. The van der Waals surface area contributed by atoms with Gasteiger partial charge in [0.2, 0.25) is 0 Å². The molecule has 0 aliphatic heterocycles. The summed E-state index contributed by atoms with van der Waals surface area (Å²) in [5.41, 5.74) is 14.7. The molecule has 0 amide bonds. The molecule has 0 bridgehead atoms. The number of aliphatic imine (C=N–C) groups is 1. The zero-order valence-electron chi connectivity index (χ0n) is 14.4. The van der Waals surface area contributed by atoms with Gasteiger partial charge in [0.15, 0.2) is 5.96 Å². The second-order valence-electron chi connectivity index (χ2n) is 5.75. The summed E-state index contributed by atoms with van der Waals surface area (Å²) in [4.78, 5) is 4.15. The molecule has 0 radical (unpaired) electrons. The first-order chi connectivity index (χ1) is 12.0. The number of benzene rings is 1. The van der Waals surface area contributed by atoms with Crippen molar-refractivity contribution in [2.45, 2.75) is 19.8 Å². The Balaban J connectivity index is 2.00. The lowest BCUT2D eigenvalue weighted by molar-refractivity contribution is 0.737. The van der Waals surface area contributed by atoms with E-state index in [1.54, 1.807) is 4.68 Å². The summed E-state index contributed by atoms with van der Waals surface area (Å²) in [5, 5.41) is 16.9. The number of nitrogen functional groups attached to an aromatic ring is 1. The van der Waals surface area contributed by atoms with Crippen LogP contribution in [-0.2, 0) is 6.42 Å². The second-order valence-corrected chi connectivity index (χ2v) is 5.75. The average Bonchev–Trinajstić information content (AvgIpc) is 2.93. The SMILES string of the molecule is C=C(C)CN=C(N)NCCCc1nn(-c2ccccc2)c(N)c1C#N. The van der Waals surface area contributed by atoms with Crippen LogP contribution < -0.4 is 16.8 Å². The van der Waals surface area contributed by atoms with Crippen LogP contribution >= 0.6 is 0 Å². The molecule has 0 atom stereocenters. The fraction of sp³-hybridized carbons (Fsp3) is 0.278. The minimum absolute atomic E-state index is 0.360. The first kappa shape index (κ1) is 18.1. The van der Waals surface area contributed by atoms with Crippen LogP contribution in [0.15, 0.2) is 47.5 Å². The smallest absolute Gasteiger partial charge is 0.188 e. The summed E-state index contributed by atoms with van der Waals surface area (Å²) >= 11 is 0. The Kier molecular flexibility index (Phi) is 6.18. The summed E-state index contributed by atoms with van der Waals surface area (Å²) in [6, 6.07) is 11.7. The van der Waals surface area contributed by atoms with E-state index >= 15 is 0 Å². The van der Waals surface area contributed by atoms with Crippen molar-refractivity contribution in [2.24, 2.45) is 10.7 Å². The Labute approximate surface area is 147 Å². The number of aryl methyl sites for hydroxylation is 1. The van der Waals surface area contributed by atoms with E-state index in [0.29, 0.717) is 42.5 Å². The van der Waals surface area contributed by atoms with Gasteiger partial charge in [0.25, 0.3) is 0 Å². The van der Waals surface area contributed by atoms with Crippen LogP contribution in [0.25, 0.3) is 5.69 Å². The van der Waals surface area contributed by atoms with Crippen LogP contribution in [-0.4, -0.2) is 28.8 Å². The lowest BCUT2D eigenvalue weighted by atomic mass is 10.1. The van der Waals surface area contributed by atoms with E-state index in [4.69, 9.17) is 11.5 Å². The maximum Gasteiger partial charge on any atom is 0.188 e. The molecule has 0 unspecified atom stereocenters. The molecule has 1 heterocycles. The highest BCUT2D eigenvalue weighted by molar-refractivity contribution is 5.77. The molecule has 7 heteroatoms. The van der Waals surface area contributed by atoms with Gasteiger partial charge in [0.1, 0.15) is 17.5 Å². The van der Waals surface area contributed by atoms with E-state index in [0.717, 1.165) is 17.7 Å². The van der Waals surface area contributed by atoms with Crippen molar-refractivity contribution in [1.82, 2.24) is 15.1 Å². The number of nitrogens with zero attached hydrogens (tertiary/aromatic N) is 4. The predicted octanol–water partition coefficient (Wildman–Crippen LogP) is 1.74. The molecule has 0 aliphatic carbocycles. The number of aromatic nitrogens is 2. The number of nitrogens with two attached hydrogens (primary N) is 2. The second kappa shape index (κ2) is 8.55. The summed E-state index contributed by atoms with van der Waals surface area (Å²) in [6.07, 6.45) is 1.37. The molecule has 2 rings (SSSR count). The topological polar surface area (TPSA) is 118 Å². The number of rotatable bonds is 7. The van der Waals surface area contributed by atoms with E-state index in [9.17, 15) is 5.26 Å². The van der Waals surface area contributed by atoms with Crippen LogP contribution in [0, 0.1) is 11.3 Å². The molecule has 7 nitrogen and oxygen atoms in total. The molecular formula is C18H23N7. The van der Waals surface area contributed by atoms with Gasteiger partial charge < -0.3 is 16.8 Å². The van der Waals surface area contributed by atoms with E-state index in [1.807, 2.05) is 37.3 Å². The number of hydrogen-bond acceptors (Lipinski definition) is 4. The van der Waals surface area contributed by atoms with Gasteiger partial charge in [-0.05, 0) is 31.9 Å². The first-order valence-corrected chi connectivity index (χ1v) is 8.04. The van der Waals surface area contributed by atoms with Crippen molar-refractivity contribution in [3.63, 3.8) is 0 Å². The maximum atomic E-state index is 9.38. The quantitative estimate of drug-likeness (QED) is 0.308. The molecule has 0 fully saturated rings. The molecule has 2 aromatic rings.